The number of carbonyl (C=O) groups is 1. The molecule has 304 valence electrons. The first-order chi connectivity index (χ1) is 26.4. The van der Waals surface area contributed by atoms with Crippen LogP contribution in [0.25, 0.3) is 0 Å². The molecule has 0 aromatic rings. The van der Waals surface area contributed by atoms with Crippen LogP contribution in [0, 0.1) is 0 Å². The predicted molar refractivity (Wildman–Crippen MR) is 219 cm³/mol. The number of aliphatic hydroxyl groups excluding tert-OH is 4. The molecule has 9 heteroatoms. The predicted octanol–water partition coefficient (Wildman–Crippen LogP) is 8.24. The van der Waals surface area contributed by atoms with Gasteiger partial charge in [-0.15, -0.1) is 0 Å². The zero-order chi connectivity index (χ0) is 39.3. The molecule has 0 bridgehead atoms. The van der Waals surface area contributed by atoms with E-state index in [4.69, 9.17) is 18.9 Å². The molecular formula is C45H70O9. The van der Waals surface area contributed by atoms with Crippen molar-refractivity contribution in [3.05, 3.63) is 109 Å². The second-order valence-electron chi connectivity index (χ2n) is 13.0. The lowest BCUT2D eigenvalue weighted by Crippen LogP contribution is -2.59. The molecule has 9 nitrogen and oxygen atoms in total. The molecule has 4 N–H and O–H groups in total. The van der Waals surface area contributed by atoms with Crippen LogP contribution in [0.3, 0.4) is 0 Å². The number of unbranched alkanes of at least 4 members (excludes halogenated alkanes) is 2. The molecule has 6 unspecified atom stereocenters. The molecule has 0 amide bonds. The Labute approximate surface area is 325 Å². The second kappa shape index (κ2) is 35.5. The van der Waals surface area contributed by atoms with Gasteiger partial charge >= 0.3 is 5.97 Å². The van der Waals surface area contributed by atoms with Gasteiger partial charge in [0.25, 0.3) is 0 Å². The van der Waals surface area contributed by atoms with Gasteiger partial charge in [-0.3, -0.25) is 4.79 Å². The number of rotatable bonds is 31. The first-order valence-corrected chi connectivity index (χ1v) is 20.0. The van der Waals surface area contributed by atoms with Crippen molar-refractivity contribution in [1.29, 1.82) is 0 Å². The highest BCUT2D eigenvalue weighted by Crippen LogP contribution is 2.22. The first kappa shape index (κ1) is 48.9. The minimum atomic E-state index is -1.56. The Morgan fingerprint density at radius 2 is 1.06 bits per heavy atom. The summed E-state index contributed by atoms with van der Waals surface area (Å²) in [5, 5.41) is 40.0. The van der Waals surface area contributed by atoms with Crippen LogP contribution in [-0.4, -0.2) is 89.6 Å². The molecule has 1 aliphatic rings. The molecule has 1 fully saturated rings. The molecule has 1 saturated heterocycles. The molecule has 1 heterocycles. The monoisotopic (exact) mass is 755 g/mol. The molecule has 0 spiro atoms. The molecule has 1 aliphatic heterocycles. The van der Waals surface area contributed by atoms with Gasteiger partial charge in [-0.25, -0.2) is 0 Å². The van der Waals surface area contributed by atoms with Crippen molar-refractivity contribution in [2.24, 2.45) is 0 Å². The van der Waals surface area contributed by atoms with Gasteiger partial charge in [0.1, 0.15) is 30.5 Å². The van der Waals surface area contributed by atoms with Gasteiger partial charge < -0.3 is 39.4 Å². The fraction of sp³-hybridized carbons (Fsp3) is 0.578. The fourth-order valence-electron chi connectivity index (χ4n) is 5.12. The smallest absolute Gasteiger partial charge is 0.306 e. The van der Waals surface area contributed by atoms with Crippen molar-refractivity contribution < 1.29 is 44.2 Å². The Balaban J connectivity index is 2.41. The normalized spacial score (nSPS) is 22.1. The van der Waals surface area contributed by atoms with E-state index >= 15 is 0 Å². The molecule has 0 saturated carbocycles. The molecule has 54 heavy (non-hydrogen) atoms. The Hall–Kier alpha value is -3.15. The number of carbonyl (C=O) groups excluding carboxylic acids is 1. The number of hydrogen-bond acceptors (Lipinski definition) is 9. The van der Waals surface area contributed by atoms with Gasteiger partial charge in [0.15, 0.2) is 6.29 Å². The lowest BCUT2D eigenvalue weighted by atomic mass is 9.99. The Kier molecular flexibility index (Phi) is 32.2. The van der Waals surface area contributed by atoms with E-state index in [9.17, 15) is 25.2 Å². The summed E-state index contributed by atoms with van der Waals surface area (Å²) in [6.07, 6.45) is 42.8. The highest BCUT2D eigenvalue weighted by atomic mass is 16.7. The Morgan fingerprint density at radius 3 is 1.54 bits per heavy atom. The van der Waals surface area contributed by atoms with Gasteiger partial charge in [-0.05, 0) is 83.5 Å². The van der Waals surface area contributed by atoms with Crippen LogP contribution in [0.5, 0.6) is 0 Å². The summed E-state index contributed by atoms with van der Waals surface area (Å²) in [7, 11) is 0. The van der Waals surface area contributed by atoms with Crippen LogP contribution in [0.4, 0.5) is 0 Å². The molecule has 0 aliphatic carbocycles. The Morgan fingerprint density at radius 1 is 0.593 bits per heavy atom. The molecule has 0 aromatic heterocycles. The number of aliphatic hydroxyl groups is 4. The number of esters is 1. The fourth-order valence-corrected chi connectivity index (χ4v) is 5.12. The minimum Gasteiger partial charge on any atom is -0.457 e. The Bertz CT molecular complexity index is 1180. The maximum atomic E-state index is 12.7. The molecule has 1 rings (SSSR count). The van der Waals surface area contributed by atoms with Crippen LogP contribution >= 0.6 is 0 Å². The third-order valence-corrected chi connectivity index (χ3v) is 8.20. The molecule has 0 aromatic carbocycles. The average Bonchev–Trinajstić information content (AvgIpc) is 3.17. The van der Waals surface area contributed by atoms with Crippen molar-refractivity contribution in [3.8, 4) is 0 Å². The van der Waals surface area contributed by atoms with Crippen LogP contribution in [0.1, 0.15) is 104 Å². The zero-order valence-corrected chi connectivity index (χ0v) is 32.9. The summed E-state index contributed by atoms with van der Waals surface area (Å²) in [5.74, 6) is -0.415. The van der Waals surface area contributed by atoms with E-state index in [0.717, 1.165) is 77.0 Å². The van der Waals surface area contributed by atoms with Gasteiger partial charge in [-0.1, -0.05) is 123 Å². The van der Waals surface area contributed by atoms with Crippen LogP contribution in [-0.2, 0) is 23.7 Å². The number of allylic oxidation sites excluding steroid dienone is 18. The van der Waals surface area contributed by atoms with E-state index < -0.39 is 49.4 Å². The molecule has 6 atom stereocenters. The van der Waals surface area contributed by atoms with E-state index in [2.05, 4.69) is 111 Å². The second-order valence-corrected chi connectivity index (χ2v) is 13.0. The van der Waals surface area contributed by atoms with Gasteiger partial charge in [-0.2, -0.15) is 0 Å². The van der Waals surface area contributed by atoms with E-state index in [1.54, 1.807) is 0 Å². The third kappa shape index (κ3) is 26.6. The maximum absolute atomic E-state index is 12.7. The van der Waals surface area contributed by atoms with Crippen LogP contribution in [0.15, 0.2) is 109 Å². The lowest BCUT2D eigenvalue weighted by molar-refractivity contribution is -0.305. The highest BCUT2D eigenvalue weighted by Gasteiger charge is 2.44. The average molecular weight is 755 g/mol. The van der Waals surface area contributed by atoms with Crippen LogP contribution < -0.4 is 0 Å². The van der Waals surface area contributed by atoms with Gasteiger partial charge in [0.05, 0.1) is 19.8 Å². The van der Waals surface area contributed by atoms with Crippen molar-refractivity contribution in [2.45, 2.75) is 141 Å². The lowest BCUT2D eigenvalue weighted by Gasteiger charge is -2.39. The van der Waals surface area contributed by atoms with E-state index in [-0.39, 0.29) is 19.6 Å². The molecule has 0 radical (unpaired) electrons. The number of hydrogen-bond donors (Lipinski definition) is 4. The largest absolute Gasteiger partial charge is 0.457 e. The van der Waals surface area contributed by atoms with Crippen LogP contribution in [0.2, 0.25) is 0 Å². The quantitative estimate of drug-likeness (QED) is 0.0314. The van der Waals surface area contributed by atoms with E-state index in [1.165, 1.54) is 0 Å². The van der Waals surface area contributed by atoms with E-state index in [0.29, 0.717) is 13.0 Å². The molecular weight excluding hydrogens is 684 g/mol. The third-order valence-electron chi connectivity index (χ3n) is 8.20. The van der Waals surface area contributed by atoms with Crippen molar-refractivity contribution in [1.82, 2.24) is 0 Å². The van der Waals surface area contributed by atoms with E-state index in [1.807, 2.05) is 12.2 Å². The summed E-state index contributed by atoms with van der Waals surface area (Å²) in [6, 6.07) is 0. The van der Waals surface area contributed by atoms with Crippen molar-refractivity contribution >= 4 is 5.97 Å². The summed E-state index contributed by atoms with van der Waals surface area (Å²) in [5.41, 5.74) is 0. The summed E-state index contributed by atoms with van der Waals surface area (Å²) < 4.78 is 22.6. The summed E-state index contributed by atoms with van der Waals surface area (Å²) in [4.78, 5) is 12.7. The summed E-state index contributed by atoms with van der Waals surface area (Å²) >= 11 is 0. The van der Waals surface area contributed by atoms with Crippen molar-refractivity contribution in [3.63, 3.8) is 0 Å². The standard InChI is InChI=1S/C45H70O9/c1-3-5-7-9-11-13-15-17-18-19-20-21-23-25-27-29-31-33-35-51-37-39(38-52-45-44(50)43(49)42(48)40(36-46)54-45)53-41(47)34-32-30-28-26-24-22-16-14-12-10-8-6-4-2/h5-8,11-14,17-18,20-22,24-25,27-28,30,39-40,42-46,48-50H,3-4,9-10,15-16,19,23,26,29,31-38H2,1-2H3/b7-5-,8-6-,13-11-,14-12-,18-17-,21-20-,24-22-,27-25-,30-28-. The maximum Gasteiger partial charge on any atom is 0.306 e. The first-order valence-electron chi connectivity index (χ1n) is 20.0. The highest BCUT2D eigenvalue weighted by molar-refractivity contribution is 5.69. The summed E-state index contributed by atoms with van der Waals surface area (Å²) in [6.45, 7) is 4.08. The minimum absolute atomic E-state index is 0.0782. The van der Waals surface area contributed by atoms with Gasteiger partial charge in [0.2, 0.25) is 0 Å². The number of ether oxygens (including phenoxy) is 4. The SMILES string of the molecule is CC/C=C\C/C=C\C/C=C\C/C=C\C/C=C\CCCCOCC(COC1OC(CO)C(O)C(O)C1O)OC(=O)CC/C=C\C/C=C\C/C=C\C/C=C\CC. The topological polar surface area (TPSA) is 135 Å². The zero-order valence-electron chi connectivity index (χ0n) is 32.9. The van der Waals surface area contributed by atoms with Gasteiger partial charge in [0, 0.05) is 13.0 Å². The van der Waals surface area contributed by atoms with Crippen molar-refractivity contribution in [2.75, 3.05) is 26.4 Å².